The number of hydrogen-bond acceptors (Lipinski definition) is 1. The Labute approximate surface area is 113 Å². The zero-order valence-corrected chi connectivity index (χ0v) is 10.8. The minimum Gasteiger partial charge on any atom is -0.478 e. The Kier molecular flexibility index (Phi) is 4.14. The molecule has 0 fully saturated rings. The SMILES string of the molecule is CC/C(=C(/C(=O)O)c1ccccc1)c1ccccc1. The van der Waals surface area contributed by atoms with Crippen LogP contribution in [0.3, 0.4) is 0 Å². The second kappa shape index (κ2) is 6.01. The number of benzene rings is 2. The van der Waals surface area contributed by atoms with E-state index in [0.29, 0.717) is 12.0 Å². The monoisotopic (exact) mass is 252 g/mol. The second-order valence-corrected chi connectivity index (χ2v) is 4.24. The Balaban J connectivity index is 2.64. The summed E-state index contributed by atoms with van der Waals surface area (Å²) in [6, 6.07) is 19.0. The molecule has 19 heavy (non-hydrogen) atoms. The summed E-state index contributed by atoms with van der Waals surface area (Å²) in [7, 11) is 0. The van der Waals surface area contributed by atoms with Crippen molar-refractivity contribution in [3.63, 3.8) is 0 Å². The molecular weight excluding hydrogens is 236 g/mol. The molecule has 2 rings (SSSR count). The van der Waals surface area contributed by atoms with Gasteiger partial charge in [0.25, 0.3) is 0 Å². The normalized spacial score (nSPS) is 11.8. The van der Waals surface area contributed by atoms with Crippen molar-refractivity contribution in [1.29, 1.82) is 0 Å². The molecule has 0 saturated heterocycles. The largest absolute Gasteiger partial charge is 0.478 e. The molecule has 2 heteroatoms. The molecule has 0 aliphatic heterocycles. The summed E-state index contributed by atoms with van der Waals surface area (Å²) >= 11 is 0. The van der Waals surface area contributed by atoms with Crippen LogP contribution in [0, 0.1) is 0 Å². The Hall–Kier alpha value is -2.35. The fraction of sp³-hybridized carbons (Fsp3) is 0.118. The highest BCUT2D eigenvalue weighted by molar-refractivity contribution is 6.23. The lowest BCUT2D eigenvalue weighted by Crippen LogP contribution is -2.03. The van der Waals surface area contributed by atoms with Crippen molar-refractivity contribution in [2.24, 2.45) is 0 Å². The van der Waals surface area contributed by atoms with E-state index in [1.54, 1.807) is 0 Å². The molecule has 0 atom stereocenters. The molecule has 2 aromatic carbocycles. The zero-order chi connectivity index (χ0) is 13.7. The van der Waals surface area contributed by atoms with Crippen molar-refractivity contribution in [3.8, 4) is 0 Å². The predicted molar refractivity (Wildman–Crippen MR) is 77.6 cm³/mol. The van der Waals surface area contributed by atoms with Crippen molar-refractivity contribution in [3.05, 3.63) is 71.8 Å². The summed E-state index contributed by atoms with van der Waals surface area (Å²) in [6.45, 7) is 1.98. The Morgan fingerprint density at radius 1 is 0.895 bits per heavy atom. The molecule has 0 aliphatic rings. The van der Waals surface area contributed by atoms with Gasteiger partial charge in [-0.05, 0) is 23.1 Å². The van der Waals surface area contributed by atoms with Gasteiger partial charge in [0, 0.05) is 0 Å². The first-order valence-corrected chi connectivity index (χ1v) is 6.31. The van der Waals surface area contributed by atoms with Crippen LogP contribution in [-0.2, 0) is 4.79 Å². The van der Waals surface area contributed by atoms with Crippen LogP contribution in [0.2, 0.25) is 0 Å². The third kappa shape index (κ3) is 2.91. The van der Waals surface area contributed by atoms with Gasteiger partial charge in [-0.3, -0.25) is 0 Å². The molecule has 0 unspecified atom stereocenters. The first-order chi connectivity index (χ1) is 9.24. The maximum atomic E-state index is 11.6. The third-order valence-corrected chi connectivity index (χ3v) is 3.05. The molecule has 0 spiro atoms. The Morgan fingerprint density at radius 3 is 1.79 bits per heavy atom. The Bertz CT molecular complexity index is 583. The summed E-state index contributed by atoms with van der Waals surface area (Å²) in [6.07, 6.45) is 0.681. The summed E-state index contributed by atoms with van der Waals surface area (Å²) in [5, 5.41) is 9.53. The number of rotatable bonds is 4. The van der Waals surface area contributed by atoms with Crippen LogP contribution < -0.4 is 0 Å². The van der Waals surface area contributed by atoms with Crippen molar-refractivity contribution in [1.82, 2.24) is 0 Å². The maximum Gasteiger partial charge on any atom is 0.336 e. The van der Waals surface area contributed by atoms with Gasteiger partial charge >= 0.3 is 5.97 Å². The number of carbonyl (C=O) groups is 1. The summed E-state index contributed by atoms with van der Waals surface area (Å²) in [5.74, 6) is -0.882. The molecule has 2 nitrogen and oxygen atoms in total. The van der Waals surface area contributed by atoms with Crippen molar-refractivity contribution >= 4 is 17.1 Å². The van der Waals surface area contributed by atoms with E-state index < -0.39 is 5.97 Å². The quantitative estimate of drug-likeness (QED) is 0.657. The molecular formula is C17H16O2. The first-order valence-electron chi connectivity index (χ1n) is 6.31. The molecule has 96 valence electrons. The average Bonchev–Trinajstić information content (AvgIpc) is 2.46. The van der Waals surface area contributed by atoms with E-state index in [0.717, 1.165) is 16.7 Å². The lowest BCUT2D eigenvalue weighted by molar-refractivity contribution is -0.130. The molecule has 0 aliphatic carbocycles. The lowest BCUT2D eigenvalue weighted by atomic mass is 9.93. The minimum absolute atomic E-state index is 0.384. The van der Waals surface area contributed by atoms with E-state index >= 15 is 0 Å². The highest BCUT2D eigenvalue weighted by Gasteiger charge is 2.16. The van der Waals surface area contributed by atoms with Crippen molar-refractivity contribution < 1.29 is 9.90 Å². The molecule has 0 saturated carbocycles. The van der Waals surface area contributed by atoms with Crippen LogP contribution in [0.25, 0.3) is 11.1 Å². The van der Waals surface area contributed by atoms with Crippen LogP contribution in [0.1, 0.15) is 24.5 Å². The molecule has 2 aromatic rings. The van der Waals surface area contributed by atoms with Crippen molar-refractivity contribution in [2.75, 3.05) is 0 Å². The summed E-state index contributed by atoms with van der Waals surface area (Å²) < 4.78 is 0. The van der Waals surface area contributed by atoms with E-state index in [9.17, 15) is 9.90 Å². The third-order valence-electron chi connectivity index (χ3n) is 3.05. The van der Waals surface area contributed by atoms with Crippen LogP contribution in [0.4, 0.5) is 0 Å². The maximum absolute atomic E-state index is 11.6. The average molecular weight is 252 g/mol. The lowest BCUT2D eigenvalue weighted by Gasteiger charge is -2.11. The van der Waals surface area contributed by atoms with Crippen LogP contribution in [0.15, 0.2) is 60.7 Å². The highest BCUT2D eigenvalue weighted by atomic mass is 16.4. The second-order valence-electron chi connectivity index (χ2n) is 4.24. The number of carboxylic acid groups (broad SMARTS) is 1. The molecule has 0 aromatic heterocycles. The summed E-state index contributed by atoms with van der Waals surface area (Å²) in [4.78, 5) is 11.6. The first kappa shape index (κ1) is 13.1. The van der Waals surface area contributed by atoms with Crippen LogP contribution >= 0.6 is 0 Å². The van der Waals surface area contributed by atoms with E-state index in [1.807, 2.05) is 67.6 Å². The summed E-state index contributed by atoms with van der Waals surface area (Å²) in [5.41, 5.74) is 2.95. The Morgan fingerprint density at radius 2 is 1.37 bits per heavy atom. The molecule has 0 bridgehead atoms. The molecule has 0 amide bonds. The van der Waals surface area contributed by atoms with E-state index in [2.05, 4.69) is 0 Å². The molecule has 0 heterocycles. The topological polar surface area (TPSA) is 37.3 Å². The van der Waals surface area contributed by atoms with Crippen LogP contribution in [0.5, 0.6) is 0 Å². The predicted octanol–water partition coefficient (Wildman–Crippen LogP) is 4.09. The molecule has 0 radical (unpaired) electrons. The van der Waals surface area contributed by atoms with Gasteiger partial charge in [0.2, 0.25) is 0 Å². The number of aliphatic carboxylic acids is 1. The van der Waals surface area contributed by atoms with E-state index in [4.69, 9.17) is 0 Å². The highest BCUT2D eigenvalue weighted by Crippen LogP contribution is 2.28. The van der Waals surface area contributed by atoms with Gasteiger partial charge in [-0.2, -0.15) is 0 Å². The van der Waals surface area contributed by atoms with Gasteiger partial charge in [0.1, 0.15) is 0 Å². The van der Waals surface area contributed by atoms with Gasteiger partial charge in [-0.15, -0.1) is 0 Å². The van der Waals surface area contributed by atoms with Gasteiger partial charge in [-0.25, -0.2) is 4.79 Å². The van der Waals surface area contributed by atoms with E-state index in [1.165, 1.54) is 0 Å². The number of carboxylic acids is 1. The smallest absolute Gasteiger partial charge is 0.336 e. The van der Waals surface area contributed by atoms with Crippen molar-refractivity contribution in [2.45, 2.75) is 13.3 Å². The fourth-order valence-corrected chi connectivity index (χ4v) is 2.20. The molecule has 1 N–H and O–H groups in total. The van der Waals surface area contributed by atoms with Gasteiger partial charge in [0.15, 0.2) is 0 Å². The number of allylic oxidation sites excluding steroid dienone is 1. The fourth-order valence-electron chi connectivity index (χ4n) is 2.20. The van der Waals surface area contributed by atoms with Crippen LogP contribution in [-0.4, -0.2) is 11.1 Å². The van der Waals surface area contributed by atoms with Gasteiger partial charge in [0.05, 0.1) is 5.57 Å². The standard InChI is InChI=1S/C17H16O2/c1-2-15(13-9-5-3-6-10-13)16(17(18)19)14-11-7-4-8-12-14/h3-12H,2H2,1H3,(H,18,19)/b16-15-. The zero-order valence-electron chi connectivity index (χ0n) is 10.8. The van der Waals surface area contributed by atoms with Gasteiger partial charge in [-0.1, -0.05) is 67.6 Å². The van der Waals surface area contributed by atoms with E-state index in [-0.39, 0.29) is 0 Å². The number of hydrogen-bond donors (Lipinski definition) is 1. The van der Waals surface area contributed by atoms with Gasteiger partial charge < -0.3 is 5.11 Å². The minimum atomic E-state index is -0.882.